The standard InChI is InChI=1S/C10H16N4O2/c1-8(15)14-7-10(16)13-4-2-3-9-11-5-6-12-9/h5-6H,2-4,7H2,1H3,(H,11,12)(H,13,16)(H,14,15). The van der Waals surface area contributed by atoms with Gasteiger partial charge < -0.3 is 15.6 Å². The molecule has 0 radical (unpaired) electrons. The fraction of sp³-hybridized carbons (Fsp3) is 0.500. The summed E-state index contributed by atoms with van der Waals surface area (Å²) < 4.78 is 0. The summed E-state index contributed by atoms with van der Waals surface area (Å²) in [6.07, 6.45) is 5.09. The van der Waals surface area contributed by atoms with E-state index in [-0.39, 0.29) is 18.4 Å². The smallest absolute Gasteiger partial charge is 0.239 e. The van der Waals surface area contributed by atoms with Crippen molar-refractivity contribution in [3.63, 3.8) is 0 Å². The predicted octanol–water partition coefficient (Wildman–Crippen LogP) is -0.405. The zero-order valence-electron chi connectivity index (χ0n) is 9.25. The molecule has 0 aliphatic rings. The molecule has 16 heavy (non-hydrogen) atoms. The maximum absolute atomic E-state index is 11.2. The monoisotopic (exact) mass is 224 g/mol. The molecule has 6 nitrogen and oxygen atoms in total. The van der Waals surface area contributed by atoms with Crippen molar-refractivity contribution in [2.75, 3.05) is 13.1 Å². The Morgan fingerprint density at radius 3 is 2.88 bits per heavy atom. The van der Waals surface area contributed by atoms with Gasteiger partial charge in [-0.1, -0.05) is 0 Å². The van der Waals surface area contributed by atoms with Crippen LogP contribution in [0.1, 0.15) is 19.2 Å². The van der Waals surface area contributed by atoms with Crippen molar-refractivity contribution in [2.45, 2.75) is 19.8 Å². The Kier molecular flexibility index (Phi) is 5.04. The summed E-state index contributed by atoms with van der Waals surface area (Å²) in [5.74, 6) is 0.538. The zero-order chi connectivity index (χ0) is 11.8. The molecule has 0 saturated carbocycles. The van der Waals surface area contributed by atoms with Gasteiger partial charge in [0.1, 0.15) is 5.82 Å². The second-order valence-corrected chi connectivity index (χ2v) is 3.40. The summed E-state index contributed by atoms with van der Waals surface area (Å²) in [5, 5.41) is 5.14. The van der Waals surface area contributed by atoms with Crippen LogP contribution in [-0.2, 0) is 16.0 Å². The average molecular weight is 224 g/mol. The van der Waals surface area contributed by atoms with Crippen molar-refractivity contribution < 1.29 is 9.59 Å². The minimum absolute atomic E-state index is 0.0378. The Hall–Kier alpha value is -1.85. The van der Waals surface area contributed by atoms with Crippen molar-refractivity contribution in [1.82, 2.24) is 20.6 Å². The first-order chi connectivity index (χ1) is 7.68. The number of imidazole rings is 1. The number of carbonyl (C=O) groups excluding carboxylic acids is 2. The molecule has 0 spiro atoms. The molecule has 0 aromatic carbocycles. The fourth-order valence-electron chi connectivity index (χ4n) is 1.19. The number of hydrogen-bond donors (Lipinski definition) is 3. The number of H-pyrrole nitrogens is 1. The van der Waals surface area contributed by atoms with Crippen LogP contribution in [0.5, 0.6) is 0 Å². The van der Waals surface area contributed by atoms with Crippen LogP contribution in [0, 0.1) is 0 Å². The molecule has 0 fully saturated rings. The van der Waals surface area contributed by atoms with E-state index in [0.29, 0.717) is 6.54 Å². The lowest BCUT2D eigenvalue weighted by molar-refractivity contribution is -0.125. The van der Waals surface area contributed by atoms with Gasteiger partial charge in [0.25, 0.3) is 0 Å². The number of rotatable bonds is 6. The molecule has 2 amide bonds. The molecule has 0 atom stereocenters. The van der Waals surface area contributed by atoms with Gasteiger partial charge in [-0.2, -0.15) is 0 Å². The van der Waals surface area contributed by atoms with Gasteiger partial charge in [0.15, 0.2) is 0 Å². The summed E-state index contributed by atoms with van der Waals surface area (Å²) in [5.41, 5.74) is 0. The predicted molar refractivity (Wildman–Crippen MR) is 58.6 cm³/mol. The maximum atomic E-state index is 11.2. The van der Waals surface area contributed by atoms with E-state index in [1.165, 1.54) is 6.92 Å². The quantitative estimate of drug-likeness (QED) is 0.574. The van der Waals surface area contributed by atoms with E-state index in [1.54, 1.807) is 12.4 Å². The fourth-order valence-corrected chi connectivity index (χ4v) is 1.19. The van der Waals surface area contributed by atoms with Crippen molar-refractivity contribution in [1.29, 1.82) is 0 Å². The molecule has 0 saturated heterocycles. The Balaban J connectivity index is 2.02. The average Bonchev–Trinajstić information content (AvgIpc) is 2.74. The Morgan fingerprint density at radius 2 is 2.25 bits per heavy atom. The lowest BCUT2D eigenvalue weighted by Gasteiger charge is -2.04. The highest BCUT2D eigenvalue weighted by atomic mass is 16.2. The van der Waals surface area contributed by atoms with Crippen LogP contribution in [-0.4, -0.2) is 34.9 Å². The van der Waals surface area contributed by atoms with Crippen LogP contribution >= 0.6 is 0 Å². The van der Waals surface area contributed by atoms with Crippen molar-refractivity contribution >= 4 is 11.8 Å². The van der Waals surface area contributed by atoms with Gasteiger partial charge in [-0.05, 0) is 6.42 Å². The first-order valence-electron chi connectivity index (χ1n) is 5.18. The number of nitrogens with one attached hydrogen (secondary N) is 3. The van der Waals surface area contributed by atoms with Gasteiger partial charge in [-0.25, -0.2) is 4.98 Å². The molecule has 1 aromatic heterocycles. The highest BCUT2D eigenvalue weighted by Crippen LogP contribution is 1.92. The van der Waals surface area contributed by atoms with Crippen LogP contribution in [0.4, 0.5) is 0 Å². The van der Waals surface area contributed by atoms with E-state index >= 15 is 0 Å². The second kappa shape index (κ2) is 6.60. The molecule has 1 aromatic rings. The SMILES string of the molecule is CC(=O)NCC(=O)NCCCc1ncc[nH]1. The summed E-state index contributed by atoms with van der Waals surface area (Å²) in [7, 11) is 0. The number of amides is 2. The van der Waals surface area contributed by atoms with Gasteiger partial charge in [0, 0.05) is 32.3 Å². The molecule has 0 unspecified atom stereocenters. The van der Waals surface area contributed by atoms with Gasteiger partial charge in [0.2, 0.25) is 11.8 Å². The third kappa shape index (κ3) is 5.14. The molecule has 1 rings (SSSR count). The second-order valence-electron chi connectivity index (χ2n) is 3.40. The van der Waals surface area contributed by atoms with Crippen molar-refractivity contribution in [3.8, 4) is 0 Å². The van der Waals surface area contributed by atoms with Gasteiger partial charge in [-0.3, -0.25) is 9.59 Å². The summed E-state index contributed by atoms with van der Waals surface area (Å²) in [6, 6.07) is 0. The summed E-state index contributed by atoms with van der Waals surface area (Å²) in [4.78, 5) is 28.7. The number of nitrogens with zero attached hydrogens (tertiary/aromatic N) is 1. The van der Waals surface area contributed by atoms with E-state index < -0.39 is 0 Å². The van der Waals surface area contributed by atoms with E-state index in [4.69, 9.17) is 0 Å². The van der Waals surface area contributed by atoms with Crippen LogP contribution in [0.2, 0.25) is 0 Å². The molecule has 88 valence electrons. The Labute approximate surface area is 93.8 Å². The lowest BCUT2D eigenvalue weighted by atomic mass is 10.3. The topological polar surface area (TPSA) is 86.9 Å². The molecule has 0 bridgehead atoms. The lowest BCUT2D eigenvalue weighted by Crippen LogP contribution is -2.36. The van der Waals surface area contributed by atoms with Crippen LogP contribution < -0.4 is 10.6 Å². The molecular weight excluding hydrogens is 208 g/mol. The summed E-state index contributed by atoms with van der Waals surface area (Å²) >= 11 is 0. The minimum atomic E-state index is -0.203. The number of carbonyl (C=O) groups is 2. The summed E-state index contributed by atoms with van der Waals surface area (Å²) in [6.45, 7) is 2.00. The third-order valence-corrected chi connectivity index (χ3v) is 1.97. The molecular formula is C10H16N4O2. The minimum Gasteiger partial charge on any atom is -0.355 e. The van der Waals surface area contributed by atoms with Crippen molar-refractivity contribution in [2.24, 2.45) is 0 Å². The Morgan fingerprint density at radius 1 is 1.44 bits per heavy atom. The van der Waals surface area contributed by atoms with Gasteiger partial charge in [0.05, 0.1) is 6.54 Å². The van der Waals surface area contributed by atoms with E-state index in [0.717, 1.165) is 18.7 Å². The number of hydrogen-bond acceptors (Lipinski definition) is 3. The Bertz CT molecular complexity index is 335. The van der Waals surface area contributed by atoms with E-state index in [2.05, 4.69) is 20.6 Å². The normalized spacial score (nSPS) is 9.81. The molecule has 3 N–H and O–H groups in total. The van der Waals surface area contributed by atoms with Crippen molar-refractivity contribution in [3.05, 3.63) is 18.2 Å². The number of aromatic nitrogens is 2. The van der Waals surface area contributed by atoms with E-state index in [1.807, 2.05) is 0 Å². The highest BCUT2D eigenvalue weighted by molar-refractivity contribution is 5.83. The first kappa shape index (κ1) is 12.2. The zero-order valence-corrected chi connectivity index (χ0v) is 9.25. The maximum Gasteiger partial charge on any atom is 0.239 e. The third-order valence-electron chi connectivity index (χ3n) is 1.97. The molecule has 1 heterocycles. The van der Waals surface area contributed by atoms with Crippen LogP contribution in [0.3, 0.4) is 0 Å². The van der Waals surface area contributed by atoms with Crippen LogP contribution in [0.15, 0.2) is 12.4 Å². The van der Waals surface area contributed by atoms with E-state index in [9.17, 15) is 9.59 Å². The molecule has 6 heteroatoms. The first-order valence-corrected chi connectivity index (χ1v) is 5.18. The van der Waals surface area contributed by atoms with Crippen LogP contribution in [0.25, 0.3) is 0 Å². The van der Waals surface area contributed by atoms with Gasteiger partial charge >= 0.3 is 0 Å². The molecule has 0 aliphatic heterocycles. The highest BCUT2D eigenvalue weighted by Gasteiger charge is 2.01. The molecule has 0 aliphatic carbocycles. The largest absolute Gasteiger partial charge is 0.355 e. The number of aryl methyl sites for hydroxylation is 1. The number of aromatic amines is 1. The van der Waals surface area contributed by atoms with Gasteiger partial charge in [-0.15, -0.1) is 0 Å².